The van der Waals surface area contributed by atoms with E-state index in [0.717, 1.165) is 33.1 Å². The van der Waals surface area contributed by atoms with Crippen molar-refractivity contribution in [2.75, 3.05) is 25.6 Å². The van der Waals surface area contributed by atoms with Crippen LogP contribution in [-0.4, -0.2) is 62.2 Å². The van der Waals surface area contributed by atoms with Crippen LogP contribution in [0.5, 0.6) is 0 Å². The van der Waals surface area contributed by atoms with Gasteiger partial charge in [-0.2, -0.15) is 13.2 Å². The van der Waals surface area contributed by atoms with Crippen molar-refractivity contribution >= 4 is 56.1 Å². The fourth-order valence-electron chi connectivity index (χ4n) is 3.89. The van der Waals surface area contributed by atoms with Crippen molar-refractivity contribution in [3.8, 4) is 16.1 Å². The number of carboxylic acid groups (broad SMARTS) is 1. The smallest absolute Gasteiger partial charge is 0.475 e. The predicted molar refractivity (Wildman–Crippen MR) is 149 cm³/mol. The molecule has 3 heterocycles. The maximum absolute atomic E-state index is 13.4. The lowest BCUT2D eigenvalue weighted by molar-refractivity contribution is -0.192. The molecule has 5 aromatic rings. The van der Waals surface area contributed by atoms with Gasteiger partial charge in [-0.05, 0) is 48.4 Å². The number of anilines is 1. The number of nitrogens with zero attached hydrogens (tertiary/aromatic N) is 5. The molecule has 14 heteroatoms. The summed E-state index contributed by atoms with van der Waals surface area (Å²) in [6.07, 6.45) is -2.89. The number of hydrogen-bond acceptors (Lipinski definition) is 7. The third-order valence-electron chi connectivity index (χ3n) is 5.74. The number of fused-ring (bicyclic) bond motifs is 2. The van der Waals surface area contributed by atoms with Crippen molar-refractivity contribution in [1.29, 1.82) is 0 Å². The molecule has 2 N–H and O–H groups in total. The first-order valence-electron chi connectivity index (χ1n) is 11.8. The number of aryl methyl sites for hydroxylation is 1. The summed E-state index contributed by atoms with van der Waals surface area (Å²) < 4.78 is 36.0. The SMILES string of the molecule is CN(C)c1nc2ccc(-n3cnc4cc(-c5ccc(Cl)cc5)sc4c3=O)cc2n1CCCO.O=C(O)C(F)(F)F. The number of benzene rings is 2. The van der Waals surface area contributed by atoms with Crippen LogP contribution in [0.1, 0.15) is 6.42 Å². The van der Waals surface area contributed by atoms with Crippen molar-refractivity contribution in [2.24, 2.45) is 0 Å². The maximum atomic E-state index is 13.4. The van der Waals surface area contributed by atoms with Crippen LogP contribution >= 0.6 is 22.9 Å². The average Bonchev–Trinajstić information content (AvgIpc) is 3.50. The highest BCUT2D eigenvalue weighted by atomic mass is 35.5. The fourth-order valence-corrected chi connectivity index (χ4v) is 5.06. The molecule has 210 valence electrons. The molecule has 0 saturated carbocycles. The lowest BCUT2D eigenvalue weighted by Crippen LogP contribution is -2.21. The number of carboxylic acids is 1. The molecule has 0 aliphatic carbocycles. The molecule has 9 nitrogen and oxygen atoms in total. The number of carbonyl (C=O) groups is 1. The average molecular weight is 594 g/mol. The van der Waals surface area contributed by atoms with Crippen LogP contribution in [0.4, 0.5) is 19.1 Å². The van der Waals surface area contributed by atoms with Gasteiger partial charge >= 0.3 is 12.1 Å². The summed E-state index contributed by atoms with van der Waals surface area (Å²) in [6.45, 7) is 0.728. The number of aliphatic hydroxyl groups excluding tert-OH is 1. The summed E-state index contributed by atoms with van der Waals surface area (Å²) in [4.78, 5) is 34.5. The minimum Gasteiger partial charge on any atom is -0.475 e. The minimum atomic E-state index is -5.08. The first-order chi connectivity index (χ1) is 18.9. The van der Waals surface area contributed by atoms with E-state index in [4.69, 9.17) is 26.5 Å². The molecular weight excluding hydrogens is 571 g/mol. The molecule has 2 aromatic carbocycles. The molecule has 0 amide bonds. The molecule has 0 spiro atoms. The second kappa shape index (κ2) is 11.7. The minimum absolute atomic E-state index is 0.0978. The number of halogens is 4. The molecule has 0 aliphatic heterocycles. The van der Waals surface area contributed by atoms with Crippen molar-refractivity contribution in [3.05, 3.63) is 70.2 Å². The zero-order valence-corrected chi connectivity index (χ0v) is 22.8. The number of imidazole rings is 1. The Labute approximate surface area is 234 Å². The summed E-state index contributed by atoms with van der Waals surface area (Å²) in [6, 6.07) is 15.2. The van der Waals surface area contributed by atoms with Crippen LogP contribution in [0.15, 0.2) is 59.7 Å². The van der Waals surface area contributed by atoms with Crippen LogP contribution in [0.2, 0.25) is 5.02 Å². The second-order valence-electron chi connectivity index (χ2n) is 8.76. The van der Waals surface area contributed by atoms with E-state index in [2.05, 4.69) is 9.55 Å². The van der Waals surface area contributed by atoms with Gasteiger partial charge < -0.3 is 19.7 Å². The number of aliphatic carboxylic acids is 1. The van der Waals surface area contributed by atoms with Gasteiger partial charge in [-0.3, -0.25) is 9.36 Å². The lowest BCUT2D eigenvalue weighted by atomic mass is 10.2. The standard InChI is InChI=1S/C24H22ClN5O2S.C2HF3O2/c1-28(2)24-27-18-9-8-17(12-20(18)29(24)10-3-11-31)30-14-26-19-13-21(33-22(19)23(30)32)15-4-6-16(25)7-5-15;3-2(4,5)1(6)7/h4-9,12-14,31H,3,10-11H2,1-2H3;(H,6,7). The van der Waals surface area contributed by atoms with E-state index in [-0.39, 0.29) is 12.2 Å². The summed E-state index contributed by atoms with van der Waals surface area (Å²) in [5.41, 5.74) is 4.03. The van der Waals surface area contributed by atoms with Crippen LogP contribution in [0.25, 0.3) is 37.4 Å². The van der Waals surface area contributed by atoms with Gasteiger partial charge in [0.05, 0.1) is 22.2 Å². The molecule has 0 aliphatic rings. The Morgan fingerprint density at radius 2 is 1.77 bits per heavy atom. The summed E-state index contributed by atoms with van der Waals surface area (Å²) >= 11 is 7.43. The monoisotopic (exact) mass is 593 g/mol. The molecule has 0 unspecified atom stereocenters. The fraction of sp³-hybridized carbons (Fsp3) is 0.231. The van der Waals surface area contributed by atoms with Gasteiger partial charge in [0.25, 0.3) is 5.56 Å². The highest BCUT2D eigenvalue weighted by molar-refractivity contribution is 7.22. The van der Waals surface area contributed by atoms with E-state index in [1.807, 2.05) is 67.5 Å². The quantitative estimate of drug-likeness (QED) is 0.278. The topological polar surface area (TPSA) is 113 Å². The Balaban J connectivity index is 0.000000470. The van der Waals surface area contributed by atoms with Crippen molar-refractivity contribution in [1.82, 2.24) is 19.1 Å². The Morgan fingerprint density at radius 1 is 1.10 bits per heavy atom. The lowest BCUT2D eigenvalue weighted by Gasteiger charge is -2.14. The van der Waals surface area contributed by atoms with Gasteiger partial charge in [-0.25, -0.2) is 14.8 Å². The Morgan fingerprint density at radius 3 is 2.38 bits per heavy atom. The molecule has 5 rings (SSSR count). The van der Waals surface area contributed by atoms with Gasteiger partial charge in [0.2, 0.25) is 5.95 Å². The van der Waals surface area contributed by atoms with Crippen LogP contribution < -0.4 is 10.5 Å². The highest BCUT2D eigenvalue weighted by Gasteiger charge is 2.38. The van der Waals surface area contributed by atoms with Crippen molar-refractivity contribution in [3.63, 3.8) is 0 Å². The molecule has 0 bridgehead atoms. The van der Waals surface area contributed by atoms with Crippen LogP contribution in [0.3, 0.4) is 0 Å². The van der Waals surface area contributed by atoms with Gasteiger partial charge in [0, 0.05) is 37.1 Å². The Hall–Kier alpha value is -3.94. The van der Waals surface area contributed by atoms with E-state index in [1.54, 1.807) is 10.9 Å². The Bertz CT molecular complexity index is 1730. The van der Waals surface area contributed by atoms with Crippen molar-refractivity contribution < 1.29 is 28.2 Å². The number of rotatable bonds is 6. The predicted octanol–water partition coefficient (Wildman–Crippen LogP) is 5.20. The number of aromatic nitrogens is 4. The largest absolute Gasteiger partial charge is 0.490 e. The van der Waals surface area contributed by atoms with Gasteiger partial charge in [-0.15, -0.1) is 11.3 Å². The first-order valence-corrected chi connectivity index (χ1v) is 13.0. The zero-order chi connectivity index (χ0) is 29.2. The van der Waals surface area contributed by atoms with E-state index >= 15 is 0 Å². The summed E-state index contributed by atoms with van der Waals surface area (Å²) in [5, 5.41) is 17.1. The maximum Gasteiger partial charge on any atom is 0.490 e. The molecule has 0 saturated heterocycles. The molecule has 40 heavy (non-hydrogen) atoms. The number of alkyl halides is 3. The first kappa shape index (κ1) is 29.1. The van der Waals surface area contributed by atoms with Crippen molar-refractivity contribution in [2.45, 2.75) is 19.1 Å². The molecular formula is C26H23ClF3N5O4S. The Kier molecular flexibility index (Phi) is 8.47. The van der Waals surface area contributed by atoms with Gasteiger partial charge in [0.1, 0.15) is 11.0 Å². The molecule has 0 fully saturated rings. The number of aliphatic hydroxyl groups is 1. The van der Waals surface area contributed by atoms with E-state index in [0.29, 0.717) is 28.2 Å². The van der Waals surface area contributed by atoms with Gasteiger partial charge in [0.15, 0.2) is 0 Å². The molecule has 3 aromatic heterocycles. The third kappa shape index (κ3) is 6.11. The molecule has 0 radical (unpaired) electrons. The molecule has 0 atom stereocenters. The van der Waals surface area contributed by atoms with E-state index < -0.39 is 12.1 Å². The summed E-state index contributed by atoms with van der Waals surface area (Å²) in [5.74, 6) is -1.95. The zero-order valence-electron chi connectivity index (χ0n) is 21.2. The third-order valence-corrected chi connectivity index (χ3v) is 7.15. The highest BCUT2D eigenvalue weighted by Crippen LogP contribution is 2.32. The van der Waals surface area contributed by atoms with E-state index in [9.17, 15) is 23.1 Å². The normalized spacial score (nSPS) is 11.5. The second-order valence-corrected chi connectivity index (χ2v) is 10.3. The van der Waals surface area contributed by atoms with E-state index in [1.165, 1.54) is 11.3 Å². The van der Waals surface area contributed by atoms with Gasteiger partial charge in [-0.1, -0.05) is 23.7 Å². The van der Waals surface area contributed by atoms with Crippen LogP contribution in [0, 0.1) is 0 Å². The number of thiophene rings is 1. The van der Waals surface area contributed by atoms with Crippen LogP contribution in [-0.2, 0) is 11.3 Å². The number of hydrogen-bond donors (Lipinski definition) is 2. The summed E-state index contributed by atoms with van der Waals surface area (Å²) in [7, 11) is 3.88.